The molecule has 6 rings (SSSR count). The third kappa shape index (κ3) is 3.94. The molecule has 3 atom stereocenters. The van der Waals surface area contributed by atoms with E-state index in [4.69, 9.17) is 14.6 Å². The number of anilines is 1. The van der Waals surface area contributed by atoms with Crippen molar-refractivity contribution in [2.24, 2.45) is 9.50 Å². The second-order valence-electron chi connectivity index (χ2n) is 10.1. The fraction of sp³-hybridized carbons (Fsp3) is 0.583. The lowest BCUT2D eigenvalue weighted by molar-refractivity contribution is -0.0687. The largest absolute Gasteiger partial charge is 0.475 e. The molecule has 1 fully saturated rings. The second kappa shape index (κ2) is 8.58. The van der Waals surface area contributed by atoms with Crippen LogP contribution in [0, 0.1) is 0 Å². The van der Waals surface area contributed by atoms with Crippen LogP contribution >= 0.6 is 0 Å². The highest BCUT2D eigenvalue weighted by Crippen LogP contribution is 2.44. The summed E-state index contributed by atoms with van der Waals surface area (Å²) in [6, 6.07) is 1.76. The van der Waals surface area contributed by atoms with E-state index in [2.05, 4.69) is 32.7 Å². The molecule has 1 saturated heterocycles. The van der Waals surface area contributed by atoms with E-state index in [-0.39, 0.29) is 17.0 Å². The number of nitrogens with two attached hydrogens (primary N) is 1. The van der Waals surface area contributed by atoms with Crippen LogP contribution in [0.15, 0.2) is 21.5 Å². The molecule has 35 heavy (non-hydrogen) atoms. The number of likely N-dealkylation sites (tertiary alicyclic amines) is 1. The summed E-state index contributed by atoms with van der Waals surface area (Å²) >= 11 is 0. The molecule has 0 radical (unpaired) electrons. The van der Waals surface area contributed by atoms with Gasteiger partial charge in [0.2, 0.25) is 5.88 Å². The fourth-order valence-corrected chi connectivity index (χ4v) is 6.96. The van der Waals surface area contributed by atoms with Gasteiger partial charge >= 0.3 is 6.03 Å². The summed E-state index contributed by atoms with van der Waals surface area (Å²) in [7, 11) is -1.82. The number of hydrogen-bond donors (Lipinski definition) is 2. The average molecular weight is 501 g/mol. The molecule has 1 aromatic carbocycles. The van der Waals surface area contributed by atoms with Gasteiger partial charge in [0.15, 0.2) is 9.92 Å². The zero-order chi connectivity index (χ0) is 24.3. The minimum atomic E-state index is -3.54. The van der Waals surface area contributed by atoms with Gasteiger partial charge in [-0.05, 0) is 60.3 Å². The third-order valence-electron chi connectivity index (χ3n) is 7.91. The SMILES string of the molecule is COC1CN([C@@H]2COc3c([S@](N)(=O)=NC(=O)Nc4c5c(cc6c4[C@H](C)CC6)CCC5)cnn3C2)C1. The van der Waals surface area contributed by atoms with Crippen LogP contribution in [0.3, 0.4) is 0 Å². The van der Waals surface area contributed by atoms with Crippen molar-refractivity contribution in [3.05, 3.63) is 34.5 Å². The van der Waals surface area contributed by atoms with Crippen LogP contribution in [0.25, 0.3) is 0 Å². The van der Waals surface area contributed by atoms with E-state index in [1.54, 1.807) is 11.8 Å². The molecule has 0 spiro atoms. The molecule has 0 unspecified atom stereocenters. The van der Waals surface area contributed by atoms with Gasteiger partial charge in [-0.1, -0.05) is 13.0 Å². The zero-order valence-corrected chi connectivity index (χ0v) is 21.0. The maximum atomic E-state index is 13.4. The number of benzene rings is 1. The maximum Gasteiger partial charge on any atom is 0.354 e. The lowest BCUT2D eigenvalue weighted by Crippen LogP contribution is -2.59. The minimum absolute atomic E-state index is 0.153. The Bertz CT molecular complexity index is 1310. The summed E-state index contributed by atoms with van der Waals surface area (Å²) in [5.41, 5.74) is 5.83. The average Bonchev–Trinajstić information content (AvgIpc) is 3.51. The van der Waals surface area contributed by atoms with Crippen molar-refractivity contribution in [1.82, 2.24) is 14.7 Å². The van der Waals surface area contributed by atoms with Gasteiger partial charge in [0.25, 0.3) is 0 Å². The number of aryl methyl sites for hydroxylation is 2. The standard InChI is InChI=1S/C24H32N6O4S/c1-14-6-7-16-8-15-4-3-5-19(15)22(21(14)16)27-24(31)28-35(25,32)20-9-26-30-10-17(13-34-23(20)30)29-11-18(12-29)33-2/h8-9,14,17-18H,3-7,10-13H2,1-2H3,(H3,25,27,28,31,32)/t14-,17+,35-/m1/s1. The van der Waals surface area contributed by atoms with Gasteiger partial charge in [-0.25, -0.2) is 18.8 Å². The van der Waals surface area contributed by atoms with Crippen molar-refractivity contribution in [2.75, 3.05) is 32.1 Å². The minimum Gasteiger partial charge on any atom is -0.475 e. The highest BCUT2D eigenvalue weighted by molar-refractivity contribution is 7.91. The number of fused-ring (bicyclic) bond motifs is 3. The number of carbonyl (C=O) groups is 1. The van der Waals surface area contributed by atoms with Crippen molar-refractivity contribution < 1.29 is 18.5 Å². The number of rotatable bonds is 4. The van der Waals surface area contributed by atoms with Gasteiger partial charge in [-0.2, -0.15) is 5.10 Å². The van der Waals surface area contributed by atoms with E-state index in [0.29, 0.717) is 24.9 Å². The number of urea groups is 1. The topological polar surface area (TPSA) is 124 Å². The van der Waals surface area contributed by atoms with Crippen molar-refractivity contribution in [1.29, 1.82) is 0 Å². The van der Waals surface area contributed by atoms with Crippen LogP contribution in [0.1, 0.15) is 47.9 Å². The van der Waals surface area contributed by atoms with E-state index >= 15 is 0 Å². The Labute approximate surface area is 205 Å². The summed E-state index contributed by atoms with van der Waals surface area (Å²) in [4.78, 5) is 15.4. The van der Waals surface area contributed by atoms with Crippen LogP contribution in [-0.2, 0) is 40.5 Å². The summed E-state index contributed by atoms with van der Waals surface area (Å²) in [5.74, 6) is 0.687. The number of nitrogens with one attached hydrogen (secondary N) is 1. The molecular formula is C24H32N6O4S. The number of nitrogens with zero attached hydrogens (tertiary/aromatic N) is 4. The fourth-order valence-electron chi connectivity index (χ4n) is 5.95. The van der Waals surface area contributed by atoms with E-state index in [1.807, 2.05) is 0 Å². The molecule has 188 valence electrons. The Kier molecular flexibility index (Phi) is 5.63. The number of methoxy groups -OCH3 is 1. The first-order valence-corrected chi connectivity index (χ1v) is 13.9. The van der Waals surface area contributed by atoms with Crippen LogP contribution in [-0.4, -0.2) is 63.9 Å². The number of carbonyl (C=O) groups excluding carboxylic acids is 1. The monoisotopic (exact) mass is 500 g/mol. The van der Waals surface area contributed by atoms with E-state index in [0.717, 1.165) is 50.9 Å². The predicted octanol–water partition coefficient (Wildman–Crippen LogP) is 2.45. The number of ether oxygens (including phenoxy) is 2. The summed E-state index contributed by atoms with van der Waals surface area (Å²) < 4.78 is 30.3. The molecule has 10 nitrogen and oxygen atoms in total. The first-order chi connectivity index (χ1) is 16.8. The first kappa shape index (κ1) is 23.0. The van der Waals surface area contributed by atoms with Gasteiger partial charge in [-0.15, -0.1) is 4.36 Å². The smallest absolute Gasteiger partial charge is 0.354 e. The van der Waals surface area contributed by atoms with Gasteiger partial charge in [0, 0.05) is 25.9 Å². The van der Waals surface area contributed by atoms with E-state index < -0.39 is 15.9 Å². The van der Waals surface area contributed by atoms with E-state index in [9.17, 15) is 9.00 Å². The molecule has 3 N–H and O–H groups in total. The molecule has 0 saturated carbocycles. The lowest BCUT2D eigenvalue weighted by atomic mass is 9.95. The van der Waals surface area contributed by atoms with Gasteiger partial charge in [0.1, 0.15) is 11.5 Å². The molecule has 11 heteroatoms. The second-order valence-corrected chi connectivity index (χ2v) is 11.9. The summed E-state index contributed by atoms with van der Waals surface area (Å²) in [6.07, 6.45) is 6.76. The Morgan fingerprint density at radius 3 is 2.91 bits per heavy atom. The van der Waals surface area contributed by atoms with Crippen LogP contribution in [0.4, 0.5) is 10.5 Å². The van der Waals surface area contributed by atoms with Crippen LogP contribution in [0.5, 0.6) is 5.88 Å². The Morgan fingerprint density at radius 2 is 2.11 bits per heavy atom. The molecule has 4 aliphatic rings. The predicted molar refractivity (Wildman–Crippen MR) is 131 cm³/mol. The zero-order valence-electron chi connectivity index (χ0n) is 20.2. The molecule has 2 amide bonds. The highest BCUT2D eigenvalue weighted by Gasteiger charge is 2.37. The summed E-state index contributed by atoms with van der Waals surface area (Å²) in [6.45, 7) is 4.90. The molecule has 1 aromatic heterocycles. The Balaban J connectivity index is 1.24. The lowest BCUT2D eigenvalue weighted by Gasteiger charge is -2.44. The van der Waals surface area contributed by atoms with Gasteiger partial charge in [0.05, 0.1) is 24.9 Å². The molecule has 2 aromatic rings. The van der Waals surface area contributed by atoms with Crippen molar-refractivity contribution in [3.8, 4) is 5.88 Å². The molecule has 0 bridgehead atoms. The van der Waals surface area contributed by atoms with Gasteiger partial charge < -0.3 is 14.8 Å². The van der Waals surface area contributed by atoms with Crippen LogP contribution < -0.4 is 15.2 Å². The van der Waals surface area contributed by atoms with Crippen molar-refractivity contribution >= 4 is 21.6 Å². The van der Waals surface area contributed by atoms with Crippen LogP contribution in [0.2, 0.25) is 0 Å². The Hall–Kier alpha value is -2.47. The normalized spacial score (nSPS) is 25.1. The molecule has 3 heterocycles. The molecular weight excluding hydrogens is 468 g/mol. The van der Waals surface area contributed by atoms with Crippen molar-refractivity contribution in [3.63, 3.8) is 0 Å². The maximum absolute atomic E-state index is 13.4. The van der Waals surface area contributed by atoms with E-state index in [1.165, 1.54) is 28.5 Å². The number of amides is 2. The Morgan fingerprint density at radius 1 is 1.29 bits per heavy atom. The third-order valence-corrected chi connectivity index (χ3v) is 9.26. The number of hydrogen-bond acceptors (Lipinski definition) is 6. The summed E-state index contributed by atoms with van der Waals surface area (Å²) in [5, 5.41) is 13.4. The van der Waals surface area contributed by atoms with Gasteiger partial charge in [-0.3, -0.25) is 4.90 Å². The first-order valence-electron chi connectivity index (χ1n) is 12.3. The quantitative estimate of drug-likeness (QED) is 0.665. The number of aromatic nitrogens is 2. The van der Waals surface area contributed by atoms with Crippen molar-refractivity contribution in [2.45, 2.75) is 68.5 Å². The highest BCUT2D eigenvalue weighted by atomic mass is 32.2. The molecule has 2 aliphatic heterocycles. The molecule has 2 aliphatic carbocycles.